The Balaban J connectivity index is 1.80. The molecule has 1 heteroatoms. The molecule has 0 aromatic heterocycles. The second-order valence-electron chi connectivity index (χ2n) is 6.61. The number of para-hydroxylation sites is 1. The number of benzene rings is 2. The van der Waals surface area contributed by atoms with Gasteiger partial charge in [-0.2, -0.15) is 0 Å². The van der Waals surface area contributed by atoms with Gasteiger partial charge in [0.05, 0.1) is 0 Å². The first-order chi connectivity index (χ1) is 12.8. The third-order valence-electron chi connectivity index (χ3n) is 4.82. The molecule has 0 aliphatic heterocycles. The molecule has 0 bridgehead atoms. The molecule has 0 N–H and O–H groups in total. The summed E-state index contributed by atoms with van der Waals surface area (Å²) in [5.74, 6) is 0.511. The van der Waals surface area contributed by atoms with Crippen molar-refractivity contribution in [1.82, 2.24) is 0 Å². The van der Waals surface area contributed by atoms with Crippen LogP contribution in [0.3, 0.4) is 0 Å². The Bertz CT molecular complexity index is 807. The van der Waals surface area contributed by atoms with Gasteiger partial charge >= 0.3 is 0 Å². The first kappa shape index (κ1) is 18.0. The van der Waals surface area contributed by atoms with Crippen LogP contribution in [0, 0.1) is 5.92 Å². The fourth-order valence-electron chi connectivity index (χ4n) is 3.12. The average Bonchev–Trinajstić information content (AvgIpc) is 2.72. The Morgan fingerprint density at radius 2 is 1.73 bits per heavy atom. The van der Waals surface area contributed by atoms with Crippen LogP contribution in [0.25, 0.3) is 5.57 Å². The predicted molar refractivity (Wildman–Crippen MR) is 115 cm³/mol. The normalized spacial score (nSPS) is 17.0. The lowest BCUT2D eigenvalue weighted by Crippen LogP contribution is -2.17. The molecule has 2 aromatic carbocycles. The van der Waals surface area contributed by atoms with Gasteiger partial charge in [-0.25, -0.2) is 0 Å². The maximum atomic E-state index is 2.35. The van der Waals surface area contributed by atoms with Crippen LogP contribution < -0.4 is 4.90 Å². The van der Waals surface area contributed by atoms with Gasteiger partial charge in [-0.1, -0.05) is 72.9 Å². The second kappa shape index (κ2) is 9.05. The maximum absolute atomic E-state index is 2.35. The van der Waals surface area contributed by atoms with Crippen molar-refractivity contribution in [2.45, 2.75) is 20.3 Å². The monoisotopic (exact) mass is 341 g/mol. The molecule has 0 spiro atoms. The molecule has 26 heavy (non-hydrogen) atoms. The molecule has 0 heterocycles. The number of anilines is 2. The zero-order valence-electron chi connectivity index (χ0n) is 15.7. The molecule has 0 fully saturated rings. The van der Waals surface area contributed by atoms with Crippen molar-refractivity contribution >= 4 is 16.9 Å². The fraction of sp³-hybridized carbons (Fsp3) is 0.200. The van der Waals surface area contributed by atoms with Crippen LogP contribution in [0.15, 0.2) is 97.1 Å². The third kappa shape index (κ3) is 4.64. The van der Waals surface area contributed by atoms with Gasteiger partial charge in [0.1, 0.15) is 0 Å². The van der Waals surface area contributed by atoms with Crippen LogP contribution in [0.4, 0.5) is 11.4 Å². The molecule has 2 aromatic rings. The van der Waals surface area contributed by atoms with E-state index in [-0.39, 0.29) is 0 Å². The molecule has 132 valence electrons. The fourth-order valence-corrected chi connectivity index (χ4v) is 3.12. The topological polar surface area (TPSA) is 3.24 Å². The molecule has 1 unspecified atom stereocenters. The summed E-state index contributed by atoms with van der Waals surface area (Å²) in [6.45, 7) is 5.10. The van der Waals surface area contributed by atoms with E-state index in [0.29, 0.717) is 5.92 Å². The van der Waals surface area contributed by atoms with Crippen molar-refractivity contribution in [1.29, 1.82) is 0 Å². The SMILES string of the molecule is C/C=C(\C)c1ccc(N(C/C=C/C2C=CC=CC2)c2ccccc2)cc1. The highest BCUT2D eigenvalue weighted by Crippen LogP contribution is 2.27. The molecule has 3 rings (SSSR count). The van der Waals surface area contributed by atoms with E-state index in [1.54, 1.807) is 0 Å². The van der Waals surface area contributed by atoms with Gasteiger partial charge in [-0.05, 0) is 61.6 Å². The van der Waals surface area contributed by atoms with E-state index >= 15 is 0 Å². The van der Waals surface area contributed by atoms with Gasteiger partial charge in [0, 0.05) is 17.9 Å². The maximum Gasteiger partial charge on any atom is 0.0414 e. The lowest BCUT2D eigenvalue weighted by molar-refractivity contribution is 0.818. The highest BCUT2D eigenvalue weighted by molar-refractivity contribution is 5.69. The van der Waals surface area contributed by atoms with E-state index in [0.717, 1.165) is 13.0 Å². The van der Waals surface area contributed by atoms with Crippen LogP contribution in [0.2, 0.25) is 0 Å². The van der Waals surface area contributed by atoms with Gasteiger partial charge in [-0.15, -0.1) is 0 Å². The van der Waals surface area contributed by atoms with Crippen LogP contribution >= 0.6 is 0 Å². The van der Waals surface area contributed by atoms with Crippen LogP contribution in [0.1, 0.15) is 25.8 Å². The van der Waals surface area contributed by atoms with Crippen LogP contribution in [-0.4, -0.2) is 6.54 Å². The zero-order valence-corrected chi connectivity index (χ0v) is 15.7. The van der Waals surface area contributed by atoms with Crippen molar-refractivity contribution in [2.24, 2.45) is 5.92 Å². The molecule has 0 saturated carbocycles. The van der Waals surface area contributed by atoms with Crippen molar-refractivity contribution in [3.63, 3.8) is 0 Å². The number of nitrogens with zero attached hydrogens (tertiary/aromatic N) is 1. The molecular formula is C25H27N. The van der Waals surface area contributed by atoms with Gasteiger partial charge in [0.25, 0.3) is 0 Å². The van der Waals surface area contributed by atoms with Crippen LogP contribution in [0.5, 0.6) is 0 Å². The Labute approximate surface area is 157 Å². The quantitative estimate of drug-likeness (QED) is 0.515. The van der Waals surface area contributed by atoms with Crippen molar-refractivity contribution < 1.29 is 0 Å². The minimum absolute atomic E-state index is 0.511. The molecular weight excluding hydrogens is 314 g/mol. The highest BCUT2D eigenvalue weighted by atomic mass is 15.1. The number of allylic oxidation sites excluding steroid dienone is 7. The van der Waals surface area contributed by atoms with E-state index in [9.17, 15) is 0 Å². The Morgan fingerprint density at radius 1 is 1.00 bits per heavy atom. The summed E-state index contributed by atoms with van der Waals surface area (Å²) >= 11 is 0. The summed E-state index contributed by atoms with van der Waals surface area (Å²) in [5, 5.41) is 0. The Kier molecular flexibility index (Phi) is 6.27. The largest absolute Gasteiger partial charge is 0.338 e. The Hall–Kier alpha value is -2.80. The van der Waals surface area contributed by atoms with E-state index in [4.69, 9.17) is 0 Å². The summed E-state index contributed by atoms with van der Waals surface area (Å²) in [7, 11) is 0. The van der Waals surface area contributed by atoms with E-state index in [1.807, 2.05) is 0 Å². The van der Waals surface area contributed by atoms with Crippen molar-refractivity contribution in [2.75, 3.05) is 11.4 Å². The van der Waals surface area contributed by atoms with Gasteiger partial charge < -0.3 is 4.90 Å². The van der Waals surface area contributed by atoms with E-state index < -0.39 is 0 Å². The summed E-state index contributed by atoms with van der Waals surface area (Å²) in [6.07, 6.45) is 16.6. The molecule has 1 atom stereocenters. The molecule has 1 aliphatic rings. The van der Waals surface area contributed by atoms with Gasteiger partial charge in [-0.3, -0.25) is 0 Å². The highest BCUT2D eigenvalue weighted by Gasteiger charge is 2.08. The minimum atomic E-state index is 0.511. The lowest BCUT2D eigenvalue weighted by atomic mass is 10.0. The summed E-state index contributed by atoms with van der Waals surface area (Å²) < 4.78 is 0. The molecule has 1 nitrogen and oxygen atoms in total. The molecule has 0 amide bonds. The van der Waals surface area contributed by atoms with Gasteiger partial charge in [0.2, 0.25) is 0 Å². The molecule has 0 saturated heterocycles. The van der Waals surface area contributed by atoms with E-state index in [2.05, 4.69) is 116 Å². The van der Waals surface area contributed by atoms with E-state index in [1.165, 1.54) is 22.5 Å². The van der Waals surface area contributed by atoms with Crippen molar-refractivity contribution in [3.8, 4) is 0 Å². The molecule has 1 aliphatic carbocycles. The van der Waals surface area contributed by atoms with Crippen LogP contribution in [-0.2, 0) is 0 Å². The first-order valence-corrected chi connectivity index (χ1v) is 9.34. The summed E-state index contributed by atoms with van der Waals surface area (Å²) in [4.78, 5) is 2.35. The predicted octanol–water partition coefficient (Wildman–Crippen LogP) is 6.94. The zero-order chi connectivity index (χ0) is 18.2. The third-order valence-corrected chi connectivity index (χ3v) is 4.82. The standard InChI is InChI=1S/C25H27N/c1-3-21(2)23-16-18-25(19-17-23)26(24-14-8-5-9-15-24)20-10-13-22-11-6-4-7-12-22/h3-11,13-19,22H,12,20H2,1-2H3/b13-10+,21-3+. The number of rotatable bonds is 6. The number of hydrogen-bond donors (Lipinski definition) is 0. The summed E-state index contributed by atoms with van der Waals surface area (Å²) in [6, 6.07) is 19.4. The van der Waals surface area contributed by atoms with Crippen molar-refractivity contribution in [3.05, 3.63) is 103 Å². The first-order valence-electron chi connectivity index (χ1n) is 9.34. The average molecular weight is 341 g/mol. The second-order valence-corrected chi connectivity index (χ2v) is 6.61. The summed E-state index contributed by atoms with van der Waals surface area (Å²) in [5.41, 5.74) is 5.01. The lowest BCUT2D eigenvalue weighted by Gasteiger charge is -2.24. The van der Waals surface area contributed by atoms with Gasteiger partial charge in [0.15, 0.2) is 0 Å². The minimum Gasteiger partial charge on any atom is -0.338 e. The number of hydrogen-bond acceptors (Lipinski definition) is 1. The Morgan fingerprint density at radius 3 is 2.38 bits per heavy atom. The smallest absolute Gasteiger partial charge is 0.0414 e. The molecule has 0 radical (unpaired) electrons.